The van der Waals surface area contributed by atoms with Crippen LogP contribution in [0.25, 0.3) is 0 Å². The van der Waals surface area contributed by atoms with Crippen molar-refractivity contribution in [3.63, 3.8) is 0 Å². The Morgan fingerprint density at radius 3 is 2.31 bits per heavy atom. The summed E-state index contributed by atoms with van der Waals surface area (Å²) >= 11 is 0. The molecule has 0 saturated carbocycles. The van der Waals surface area contributed by atoms with E-state index in [0.29, 0.717) is 0 Å². The predicted molar refractivity (Wildman–Crippen MR) is 46.5 cm³/mol. The first kappa shape index (κ1) is 9.24. The molecule has 0 bridgehead atoms. The molecular weight excluding hydrogens is 172 g/mol. The Morgan fingerprint density at radius 1 is 1.31 bits per heavy atom. The highest BCUT2D eigenvalue weighted by atomic mass is 16.2. The van der Waals surface area contributed by atoms with Gasteiger partial charge in [-0.1, -0.05) is 0 Å². The summed E-state index contributed by atoms with van der Waals surface area (Å²) in [6.07, 6.45) is 2.44. The van der Waals surface area contributed by atoms with Crippen molar-refractivity contribution in [3.05, 3.63) is 12.2 Å². The molecule has 70 valence electrons. The number of nitrogens with two attached hydrogens (primary N) is 2. The van der Waals surface area contributed by atoms with Gasteiger partial charge >= 0.3 is 0 Å². The summed E-state index contributed by atoms with van der Waals surface area (Å²) in [7, 11) is 0. The molecule has 6 nitrogen and oxygen atoms in total. The number of rotatable bonds is 3. The quantitative estimate of drug-likeness (QED) is 0.305. The molecule has 0 saturated heterocycles. The standard InChI is InChI=1S/C7H10N4O2/c8-7(9)10-3-4-11-5(12)1-2-6(11)13/h1-2H,3-4H2,(H4,8,9,10). The van der Waals surface area contributed by atoms with E-state index in [4.69, 9.17) is 11.5 Å². The van der Waals surface area contributed by atoms with Crippen LogP contribution in [0.3, 0.4) is 0 Å². The maximum absolute atomic E-state index is 11.0. The van der Waals surface area contributed by atoms with Gasteiger partial charge in [0.25, 0.3) is 11.8 Å². The number of guanidine groups is 1. The molecule has 0 fully saturated rings. The smallest absolute Gasteiger partial charge is 0.253 e. The Morgan fingerprint density at radius 2 is 1.85 bits per heavy atom. The maximum Gasteiger partial charge on any atom is 0.253 e. The molecule has 0 aromatic rings. The lowest BCUT2D eigenvalue weighted by molar-refractivity contribution is -0.136. The van der Waals surface area contributed by atoms with Crippen molar-refractivity contribution in [1.82, 2.24) is 4.90 Å². The zero-order valence-electron chi connectivity index (χ0n) is 6.93. The molecular formula is C7H10N4O2. The molecule has 0 spiro atoms. The van der Waals surface area contributed by atoms with E-state index in [9.17, 15) is 9.59 Å². The summed E-state index contributed by atoms with van der Waals surface area (Å²) in [5.41, 5.74) is 10.1. The molecule has 1 rings (SSSR count). The summed E-state index contributed by atoms with van der Waals surface area (Å²) in [6, 6.07) is 0. The Balaban J connectivity index is 2.42. The third-order valence-corrected chi connectivity index (χ3v) is 1.52. The van der Waals surface area contributed by atoms with Gasteiger partial charge < -0.3 is 11.5 Å². The number of amides is 2. The van der Waals surface area contributed by atoms with Crippen LogP contribution >= 0.6 is 0 Å². The fourth-order valence-electron chi connectivity index (χ4n) is 0.931. The molecule has 0 aromatic heterocycles. The first-order valence-electron chi connectivity index (χ1n) is 3.70. The maximum atomic E-state index is 11.0. The van der Waals surface area contributed by atoms with Crippen LogP contribution in [0.4, 0.5) is 0 Å². The van der Waals surface area contributed by atoms with Crippen molar-refractivity contribution in [2.75, 3.05) is 13.1 Å². The second-order valence-electron chi connectivity index (χ2n) is 2.47. The molecule has 0 aromatic carbocycles. The molecule has 2 amide bonds. The highest BCUT2D eigenvalue weighted by Crippen LogP contribution is 2.01. The summed E-state index contributed by atoms with van der Waals surface area (Å²) < 4.78 is 0. The van der Waals surface area contributed by atoms with Gasteiger partial charge in [0.2, 0.25) is 0 Å². The summed E-state index contributed by atoms with van der Waals surface area (Å²) in [6.45, 7) is 0.448. The fraction of sp³-hybridized carbons (Fsp3) is 0.286. The second-order valence-corrected chi connectivity index (χ2v) is 2.47. The lowest BCUT2D eigenvalue weighted by Crippen LogP contribution is -2.33. The topological polar surface area (TPSA) is 102 Å². The Bertz CT molecular complexity index is 273. The van der Waals surface area contributed by atoms with Crippen molar-refractivity contribution in [1.29, 1.82) is 0 Å². The first-order valence-corrected chi connectivity index (χ1v) is 3.70. The number of hydrogen-bond acceptors (Lipinski definition) is 3. The van der Waals surface area contributed by atoms with Gasteiger partial charge in [-0.2, -0.15) is 0 Å². The molecule has 1 aliphatic heterocycles. The van der Waals surface area contributed by atoms with E-state index in [2.05, 4.69) is 4.99 Å². The number of aliphatic imine (C=N–C) groups is 1. The highest BCUT2D eigenvalue weighted by molar-refractivity contribution is 6.12. The molecule has 13 heavy (non-hydrogen) atoms. The van der Waals surface area contributed by atoms with Gasteiger partial charge in [0.05, 0.1) is 6.54 Å². The van der Waals surface area contributed by atoms with Crippen molar-refractivity contribution >= 4 is 17.8 Å². The molecule has 6 heteroatoms. The van der Waals surface area contributed by atoms with Crippen LogP contribution < -0.4 is 11.5 Å². The van der Waals surface area contributed by atoms with E-state index in [1.54, 1.807) is 0 Å². The van der Waals surface area contributed by atoms with Crippen LogP contribution in [0.5, 0.6) is 0 Å². The van der Waals surface area contributed by atoms with Crippen LogP contribution in [0.1, 0.15) is 0 Å². The van der Waals surface area contributed by atoms with Crippen LogP contribution in [-0.4, -0.2) is 35.8 Å². The van der Waals surface area contributed by atoms with Crippen LogP contribution in [0.15, 0.2) is 17.1 Å². The van der Waals surface area contributed by atoms with Gasteiger partial charge in [-0.05, 0) is 0 Å². The minimum Gasteiger partial charge on any atom is -0.370 e. The van der Waals surface area contributed by atoms with Gasteiger partial charge in [-0.15, -0.1) is 0 Å². The largest absolute Gasteiger partial charge is 0.370 e. The normalized spacial score (nSPS) is 15.2. The van der Waals surface area contributed by atoms with Crippen LogP contribution in [0, 0.1) is 0 Å². The van der Waals surface area contributed by atoms with Crippen LogP contribution in [0.2, 0.25) is 0 Å². The molecule has 0 aliphatic carbocycles. The fourth-order valence-corrected chi connectivity index (χ4v) is 0.931. The first-order chi connectivity index (χ1) is 6.11. The number of imide groups is 1. The van der Waals surface area contributed by atoms with Crippen LogP contribution in [-0.2, 0) is 9.59 Å². The molecule has 4 N–H and O–H groups in total. The Labute approximate surface area is 74.9 Å². The molecule has 1 heterocycles. The van der Waals surface area contributed by atoms with Crippen molar-refractivity contribution in [2.24, 2.45) is 16.5 Å². The Hall–Kier alpha value is -1.85. The van der Waals surface area contributed by atoms with Gasteiger partial charge in [0, 0.05) is 18.7 Å². The summed E-state index contributed by atoms with van der Waals surface area (Å²) in [4.78, 5) is 26.7. The number of hydrogen-bond donors (Lipinski definition) is 2. The van der Waals surface area contributed by atoms with E-state index in [0.717, 1.165) is 4.90 Å². The monoisotopic (exact) mass is 182 g/mol. The van der Waals surface area contributed by atoms with Crippen molar-refractivity contribution in [2.45, 2.75) is 0 Å². The lowest BCUT2D eigenvalue weighted by atomic mass is 10.5. The average molecular weight is 182 g/mol. The van der Waals surface area contributed by atoms with Gasteiger partial charge in [0.1, 0.15) is 0 Å². The Kier molecular flexibility index (Phi) is 2.63. The van der Waals surface area contributed by atoms with E-state index in [1.165, 1.54) is 12.2 Å². The average Bonchev–Trinajstić information content (AvgIpc) is 2.34. The molecule has 1 aliphatic rings. The number of carbonyl (C=O) groups excluding carboxylic acids is 2. The lowest BCUT2D eigenvalue weighted by Gasteiger charge is -2.11. The van der Waals surface area contributed by atoms with E-state index in [1.807, 2.05) is 0 Å². The van der Waals surface area contributed by atoms with Gasteiger partial charge in [-0.3, -0.25) is 19.5 Å². The van der Waals surface area contributed by atoms with Gasteiger partial charge in [-0.25, -0.2) is 0 Å². The molecule has 0 radical (unpaired) electrons. The molecule has 0 atom stereocenters. The van der Waals surface area contributed by atoms with Gasteiger partial charge in [0.15, 0.2) is 5.96 Å². The zero-order valence-corrected chi connectivity index (χ0v) is 6.93. The minimum atomic E-state index is -0.323. The highest BCUT2D eigenvalue weighted by Gasteiger charge is 2.22. The number of carbonyl (C=O) groups is 2. The van der Waals surface area contributed by atoms with Crippen molar-refractivity contribution in [3.8, 4) is 0 Å². The third-order valence-electron chi connectivity index (χ3n) is 1.52. The zero-order chi connectivity index (χ0) is 9.84. The van der Waals surface area contributed by atoms with E-state index >= 15 is 0 Å². The van der Waals surface area contributed by atoms with E-state index in [-0.39, 0.29) is 30.9 Å². The predicted octanol–water partition coefficient (Wildman–Crippen LogP) is -1.82. The molecule has 0 unspecified atom stereocenters. The second kappa shape index (κ2) is 3.70. The van der Waals surface area contributed by atoms with E-state index < -0.39 is 0 Å². The third kappa shape index (κ3) is 2.29. The minimum absolute atomic E-state index is 0.0490. The number of nitrogens with zero attached hydrogens (tertiary/aromatic N) is 2. The summed E-state index contributed by atoms with van der Waals surface area (Å²) in [5.74, 6) is -0.696. The van der Waals surface area contributed by atoms with Crippen molar-refractivity contribution < 1.29 is 9.59 Å². The SMILES string of the molecule is NC(N)=NCCN1C(=O)C=CC1=O. The summed E-state index contributed by atoms with van der Waals surface area (Å²) in [5, 5.41) is 0.